The minimum atomic E-state index is -1.61. The number of pyridine rings is 1. The van der Waals surface area contributed by atoms with E-state index in [2.05, 4.69) is 25.7 Å². The van der Waals surface area contributed by atoms with E-state index in [4.69, 9.17) is 0 Å². The fourth-order valence-corrected chi connectivity index (χ4v) is 1.40. The van der Waals surface area contributed by atoms with Crippen molar-refractivity contribution < 1.29 is 19.7 Å². The summed E-state index contributed by atoms with van der Waals surface area (Å²) in [4.78, 5) is 14.7. The zero-order chi connectivity index (χ0) is 11.4. The number of aromatic nitrogens is 1. The number of aliphatic hydroxyl groups is 2. The van der Waals surface area contributed by atoms with Crippen molar-refractivity contribution in [3.63, 3.8) is 0 Å². The number of carbonyl (C=O) groups excluding carboxylic acids is 1. The van der Waals surface area contributed by atoms with Crippen LogP contribution in [0.1, 0.15) is 11.7 Å². The molecule has 5 nitrogen and oxygen atoms in total. The van der Waals surface area contributed by atoms with Gasteiger partial charge in [0, 0.05) is 22.4 Å². The van der Waals surface area contributed by atoms with Crippen molar-refractivity contribution in [2.24, 2.45) is 0 Å². The summed E-state index contributed by atoms with van der Waals surface area (Å²) in [6.07, 6.45) is -0.0592. The van der Waals surface area contributed by atoms with E-state index in [1.165, 1.54) is 12.4 Å². The second-order valence-corrected chi connectivity index (χ2v) is 3.77. The van der Waals surface area contributed by atoms with Gasteiger partial charge in [-0.3, -0.25) is 4.98 Å². The summed E-state index contributed by atoms with van der Waals surface area (Å²) in [6, 6.07) is 1.56. The van der Waals surface area contributed by atoms with Gasteiger partial charge in [-0.05, 0) is 22.0 Å². The third kappa shape index (κ3) is 2.98. The maximum atomic E-state index is 10.9. The maximum absolute atomic E-state index is 10.9. The van der Waals surface area contributed by atoms with Crippen LogP contribution < -0.4 is 0 Å². The normalized spacial score (nSPS) is 14.4. The van der Waals surface area contributed by atoms with Gasteiger partial charge < -0.3 is 14.9 Å². The van der Waals surface area contributed by atoms with Crippen molar-refractivity contribution in [2.45, 2.75) is 12.2 Å². The van der Waals surface area contributed by atoms with Crippen molar-refractivity contribution in [3.05, 3.63) is 28.5 Å². The topological polar surface area (TPSA) is 79.7 Å². The minimum Gasteiger partial charge on any atom is -0.467 e. The van der Waals surface area contributed by atoms with Gasteiger partial charge in [-0.15, -0.1) is 0 Å². The minimum absolute atomic E-state index is 0.335. The third-order valence-electron chi connectivity index (χ3n) is 1.81. The van der Waals surface area contributed by atoms with Gasteiger partial charge in [0.1, 0.15) is 6.10 Å². The Morgan fingerprint density at radius 3 is 2.73 bits per heavy atom. The fourth-order valence-electron chi connectivity index (χ4n) is 1.02. The van der Waals surface area contributed by atoms with Crippen LogP contribution in [0.4, 0.5) is 0 Å². The molecule has 15 heavy (non-hydrogen) atoms. The van der Waals surface area contributed by atoms with Gasteiger partial charge in [0.25, 0.3) is 0 Å². The van der Waals surface area contributed by atoms with Crippen molar-refractivity contribution in [1.82, 2.24) is 4.98 Å². The smallest absolute Gasteiger partial charge is 0.337 e. The molecule has 1 rings (SSSR count). The highest BCUT2D eigenvalue weighted by Crippen LogP contribution is 2.20. The fraction of sp³-hybridized carbons (Fsp3) is 0.333. The van der Waals surface area contributed by atoms with Crippen LogP contribution in [-0.2, 0) is 9.53 Å². The summed E-state index contributed by atoms with van der Waals surface area (Å²) in [7, 11) is 1.14. The zero-order valence-electron chi connectivity index (χ0n) is 7.92. The molecule has 0 aliphatic carbocycles. The largest absolute Gasteiger partial charge is 0.467 e. The first-order valence-electron chi connectivity index (χ1n) is 4.10. The molecule has 1 aromatic heterocycles. The number of methoxy groups -OCH3 is 1. The number of esters is 1. The Balaban J connectivity index is 2.84. The molecule has 0 saturated carbocycles. The molecule has 1 heterocycles. The van der Waals surface area contributed by atoms with Gasteiger partial charge in [0.05, 0.1) is 7.11 Å². The first kappa shape index (κ1) is 12.1. The molecule has 0 amide bonds. The van der Waals surface area contributed by atoms with Crippen molar-refractivity contribution in [1.29, 1.82) is 0 Å². The standard InChI is InChI=1S/C9H10BrNO4/c1-15-9(14)8(13)7(12)5-2-6(10)4-11-3-5/h2-4,7-8,12-13H,1H3. The lowest BCUT2D eigenvalue weighted by molar-refractivity contribution is -0.156. The van der Waals surface area contributed by atoms with Gasteiger partial charge >= 0.3 is 5.97 Å². The Kier molecular flexibility index (Phi) is 4.19. The Hall–Kier alpha value is -0.980. The number of hydrogen-bond acceptors (Lipinski definition) is 5. The lowest BCUT2D eigenvalue weighted by Crippen LogP contribution is -2.29. The number of nitrogens with zero attached hydrogens (tertiary/aromatic N) is 1. The van der Waals surface area contributed by atoms with E-state index >= 15 is 0 Å². The molecule has 0 aromatic carbocycles. The van der Waals surface area contributed by atoms with Gasteiger partial charge in [-0.25, -0.2) is 4.79 Å². The molecule has 6 heteroatoms. The summed E-state index contributed by atoms with van der Waals surface area (Å²) < 4.78 is 4.95. The summed E-state index contributed by atoms with van der Waals surface area (Å²) >= 11 is 3.16. The van der Waals surface area contributed by atoms with Crippen LogP contribution in [0, 0.1) is 0 Å². The van der Waals surface area contributed by atoms with Gasteiger partial charge in [0.15, 0.2) is 6.10 Å². The number of carbonyl (C=O) groups is 1. The van der Waals surface area contributed by atoms with Crippen LogP contribution in [0.25, 0.3) is 0 Å². The molecule has 1 aromatic rings. The predicted molar refractivity (Wildman–Crippen MR) is 54.9 cm³/mol. The number of aliphatic hydroxyl groups excluding tert-OH is 2. The van der Waals surface area contributed by atoms with Gasteiger partial charge in [-0.2, -0.15) is 0 Å². The summed E-state index contributed by atoms with van der Waals surface area (Å²) in [5, 5.41) is 19.0. The van der Waals surface area contributed by atoms with Crippen LogP contribution in [0.3, 0.4) is 0 Å². The average Bonchev–Trinajstić information content (AvgIpc) is 2.26. The van der Waals surface area contributed by atoms with Crippen LogP contribution in [0.15, 0.2) is 22.9 Å². The van der Waals surface area contributed by atoms with Crippen LogP contribution in [-0.4, -0.2) is 34.4 Å². The molecule has 2 atom stereocenters. The van der Waals surface area contributed by atoms with Crippen molar-refractivity contribution in [2.75, 3.05) is 7.11 Å². The van der Waals surface area contributed by atoms with Crippen molar-refractivity contribution >= 4 is 21.9 Å². The summed E-state index contributed by atoms with van der Waals surface area (Å²) in [5.74, 6) is -0.887. The zero-order valence-corrected chi connectivity index (χ0v) is 9.51. The number of rotatable bonds is 3. The van der Waals surface area contributed by atoms with Crippen LogP contribution >= 0.6 is 15.9 Å². The predicted octanol–water partition coefficient (Wildman–Crippen LogP) is 0.411. The molecule has 2 N–H and O–H groups in total. The molecule has 2 unspecified atom stereocenters. The highest BCUT2D eigenvalue weighted by molar-refractivity contribution is 9.10. The molecule has 0 saturated heterocycles. The van der Waals surface area contributed by atoms with Crippen LogP contribution in [0.2, 0.25) is 0 Å². The molecular formula is C9H10BrNO4. The lowest BCUT2D eigenvalue weighted by atomic mass is 10.1. The summed E-state index contributed by atoms with van der Waals surface area (Å²) in [6.45, 7) is 0. The average molecular weight is 276 g/mol. The van der Waals surface area contributed by atoms with Crippen LogP contribution in [0.5, 0.6) is 0 Å². The molecule has 82 valence electrons. The van der Waals surface area contributed by atoms with Crippen molar-refractivity contribution in [3.8, 4) is 0 Å². The van der Waals surface area contributed by atoms with E-state index in [1.54, 1.807) is 6.07 Å². The van der Waals surface area contributed by atoms with E-state index in [-0.39, 0.29) is 0 Å². The monoisotopic (exact) mass is 275 g/mol. The molecular weight excluding hydrogens is 266 g/mol. The van der Waals surface area contributed by atoms with Gasteiger partial charge in [-0.1, -0.05) is 0 Å². The van der Waals surface area contributed by atoms with Gasteiger partial charge in [0.2, 0.25) is 0 Å². The third-order valence-corrected chi connectivity index (χ3v) is 2.24. The molecule has 0 fully saturated rings. The van der Waals surface area contributed by atoms with E-state index in [0.717, 1.165) is 7.11 Å². The molecule has 0 aliphatic heterocycles. The lowest BCUT2D eigenvalue weighted by Gasteiger charge is -2.15. The Morgan fingerprint density at radius 2 is 2.20 bits per heavy atom. The van der Waals surface area contributed by atoms with E-state index in [0.29, 0.717) is 10.0 Å². The number of hydrogen-bond donors (Lipinski definition) is 2. The molecule has 0 bridgehead atoms. The molecule has 0 radical (unpaired) electrons. The molecule has 0 spiro atoms. The number of ether oxygens (including phenoxy) is 1. The van der Waals surface area contributed by atoms with E-state index < -0.39 is 18.2 Å². The second-order valence-electron chi connectivity index (χ2n) is 2.85. The van der Waals surface area contributed by atoms with E-state index in [1.807, 2.05) is 0 Å². The first-order chi connectivity index (χ1) is 7.06. The highest BCUT2D eigenvalue weighted by atomic mass is 79.9. The van der Waals surface area contributed by atoms with E-state index in [9.17, 15) is 15.0 Å². The molecule has 0 aliphatic rings. The number of halogens is 1. The quantitative estimate of drug-likeness (QED) is 0.782. The Morgan fingerprint density at radius 1 is 1.53 bits per heavy atom. The highest BCUT2D eigenvalue weighted by Gasteiger charge is 2.26. The SMILES string of the molecule is COC(=O)C(O)C(O)c1cncc(Br)c1. The maximum Gasteiger partial charge on any atom is 0.337 e. The Bertz CT molecular complexity index is 358. The summed E-state index contributed by atoms with van der Waals surface area (Å²) in [5.41, 5.74) is 0.335. The first-order valence-corrected chi connectivity index (χ1v) is 4.90. The Labute approximate surface area is 94.8 Å². The second kappa shape index (κ2) is 5.20.